The van der Waals surface area contributed by atoms with Crippen molar-refractivity contribution in [2.75, 3.05) is 31.5 Å². The molecule has 0 unspecified atom stereocenters. The molecule has 1 aliphatic rings. The molecule has 1 fully saturated rings. The fraction of sp³-hybridized carbons (Fsp3) is 0.750. The van der Waals surface area contributed by atoms with Crippen molar-refractivity contribution < 1.29 is 0 Å². The largest absolute Gasteiger partial charge is 0.352 e. The van der Waals surface area contributed by atoms with E-state index in [4.69, 9.17) is 0 Å². The maximum atomic E-state index is 4.35. The van der Waals surface area contributed by atoms with Crippen LogP contribution in [0.4, 0.5) is 5.95 Å². The predicted molar refractivity (Wildman–Crippen MR) is 68.1 cm³/mol. The molecule has 1 saturated heterocycles. The van der Waals surface area contributed by atoms with Gasteiger partial charge in [0.1, 0.15) is 0 Å². The zero-order chi connectivity index (χ0) is 12.1. The van der Waals surface area contributed by atoms with E-state index in [1.807, 2.05) is 13.8 Å². The van der Waals surface area contributed by atoms with Crippen LogP contribution in [-0.4, -0.2) is 46.3 Å². The second kappa shape index (κ2) is 5.91. The van der Waals surface area contributed by atoms with Crippen LogP contribution in [-0.2, 0) is 0 Å². The van der Waals surface area contributed by atoms with Crippen molar-refractivity contribution in [3.8, 4) is 0 Å². The van der Waals surface area contributed by atoms with Crippen molar-refractivity contribution in [1.29, 1.82) is 0 Å². The third kappa shape index (κ3) is 3.63. The first kappa shape index (κ1) is 12.2. The zero-order valence-corrected chi connectivity index (χ0v) is 10.7. The number of likely N-dealkylation sites (tertiary alicyclic amines) is 1. The number of nitrogens with one attached hydrogen (secondary N) is 1. The first-order valence-corrected chi connectivity index (χ1v) is 6.40. The number of anilines is 1. The SMILES string of the molecule is Cc1nnc(NCCN2CCCCC2)nc1C. The molecule has 5 heteroatoms. The molecule has 0 atom stereocenters. The van der Waals surface area contributed by atoms with Gasteiger partial charge < -0.3 is 10.2 Å². The Hall–Kier alpha value is -1.23. The first-order chi connectivity index (χ1) is 8.25. The maximum Gasteiger partial charge on any atom is 0.243 e. The van der Waals surface area contributed by atoms with Crippen LogP contribution in [0, 0.1) is 13.8 Å². The average molecular weight is 235 g/mol. The van der Waals surface area contributed by atoms with Crippen LogP contribution in [0.2, 0.25) is 0 Å². The maximum absolute atomic E-state index is 4.35. The van der Waals surface area contributed by atoms with E-state index < -0.39 is 0 Å². The van der Waals surface area contributed by atoms with E-state index >= 15 is 0 Å². The fourth-order valence-electron chi connectivity index (χ4n) is 2.04. The average Bonchev–Trinajstić information content (AvgIpc) is 2.35. The second-order valence-corrected chi connectivity index (χ2v) is 4.64. The number of aryl methyl sites for hydroxylation is 2. The number of hydrogen-bond acceptors (Lipinski definition) is 5. The van der Waals surface area contributed by atoms with Crippen molar-refractivity contribution in [2.45, 2.75) is 33.1 Å². The van der Waals surface area contributed by atoms with Gasteiger partial charge in [-0.05, 0) is 39.8 Å². The van der Waals surface area contributed by atoms with Crippen LogP contribution in [0.15, 0.2) is 0 Å². The summed E-state index contributed by atoms with van der Waals surface area (Å²) in [5.41, 5.74) is 1.84. The lowest BCUT2D eigenvalue weighted by Crippen LogP contribution is -2.34. The monoisotopic (exact) mass is 235 g/mol. The highest BCUT2D eigenvalue weighted by Gasteiger charge is 2.09. The number of rotatable bonds is 4. The van der Waals surface area contributed by atoms with Crippen molar-refractivity contribution in [1.82, 2.24) is 20.1 Å². The molecule has 1 aromatic heterocycles. The first-order valence-electron chi connectivity index (χ1n) is 6.40. The van der Waals surface area contributed by atoms with Crippen LogP contribution in [0.25, 0.3) is 0 Å². The Labute approximate surface area is 103 Å². The van der Waals surface area contributed by atoms with Gasteiger partial charge in [0, 0.05) is 13.1 Å². The minimum atomic E-state index is 0.644. The summed E-state index contributed by atoms with van der Waals surface area (Å²) in [6.45, 7) is 8.30. The van der Waals surface area contributed by atoms with E-state index in [0.717, 1.165) is 24.5 Å². The number of hydrogen-bond donors (Lipinski definition) is 1. The van der Waals surface area contributed by atoms with Crippen molar-refractivity contribution in [2.24, 2.45) is 0 Å². The topological polar surface area (TPSA) is 53.9 Å². The van der Waals surface area contributed by atoms with Crippen molar-refractivity contribution in [3.05, 3.63) is 11.4 Å². The molecule has 0 aliphatic carbocycles. The summed E-state index contributed by atoms with van der Waals surface area (Å²) in [4.78, 5) is 6.84. The molecule has 1 aliphatic heterocycles. The molecule has 0 aromatic carbocycles. The summed E-state index contributed by atoms with van der Waals surface area (Å²) >= 11 is 0. The van der Waals surface area contributed by atoms with E-state index in [1.165, 1.54) is 32.4 Å². The van der Waals surface area contributed by atoms with Gasteiger partial charge in [-0.25, -0.2) is 4.98 Å². The molecule has 5 nitrogen and oxygen atoms in total. The third-order valence-electron chi connectivity index (χ3n) is 3.25. The highest BCUT2D eigenvalue weighted by Crippen LogP contribution is 2.08. The van der Waals surface area contributed by atoms with Crippen LogP contribution >= 0.6 is 0 Å². The van der Waals surface area contributed by atoms with Gasteiger partial charge in [-0.15, -0.1) is 5.10 Å². The van der Waals surface area contributed by atoms with Crippen LogP contribution < -0.4 is 5.32 Å². The normalized spacial score (nSPS) is 17.1. The lowest BCUT2D eigenvalue weighted by Gasteiger charge is -2.26. The molecule has 0 bridgehead atoms. The number of nitrogens with zero attached hydrogens (tertiary/aromatic N) is 4. The van der Waals surface area contributed by atoms with Gasteiger partial charge in [0.2, 0.25) is 5.95 Å². The Bertz CT molecular complexity index is 360. The highest BCUT2D eigenvalue weighted by molar-refractivity contribution is 5.24. The van der Waals surface area contributed by atoms with Crippen LogP contribution in [0.3, 0.4) is 0 Å². The summed E-state index contributed by atoms with van der Waals surface area (Å²) in [6.07, 6.45) is 4.05. The minimum absolute atomic E-state index is 0.644. The number of aromatic nitrogens is 3. The van der Waals surface area contributed by atoms with E-state index in [1.54, 1.807) is 0 Å². The van der Waals surface area contributed by atoms with Gasteiger partial charge in [0.25, 0.3) is 0 Å². The van der Waals surface area contributed by atoms with E-state index in [-0.39, 0.29) is 0 Å². The van der Waals surface area contributed by atoms with Crippen molar-refractivity contribution >= 4 is 5.95 Å². The Balaban J connectivity index is 1.75. The van der Waals surface area contributed by atoms with E-state index in [9.17, 15) is 0 Å². The van der Waals surface area contributed by atoms with Crippen molar-refractivity contribution in [3.63, 3.8) is 0 Å². The smallest absolute Gasteiger partial charge is 0.243 e. The molecule has 17 heavy (non-hydrogen) atoms. The van der Waals surface area contributed by atoms with E-state index in [0.29, 0.717) is 5.95 Å². The summed E-state index contributed by atoms with van der Waals surface area (Å²) < 4.78 is 0. The van der Waals surface area contributed by atoms with Gasteiger partial charge >= 0.3 is 0 Å². The highest BCUT2D eigenvalue weighted by atomic mass is 15.2. The van der Waals surface area contributed by atoms with Gasteiger partial charge in [-0.3, -0.25) is 0 Å². The Morgan fingerprint density at radius 1 is 1.06 bits per heavy atom. The lowest BCUT2D eigenvalue weighted by molar-refractivity contribution is 0.237. The minimum Gasteiger partial charge on any atom is -0.352 e. The predicted octanol–water partition coefficient (Wildman–Crippen LogP) is 1.39. The molecular weight excluding hydrogens is 214 g/mol. The lowest BCUT2D eigenvalue weighted by atomic mass is 10.1. The molecular formula is C12H21N5. The van der Waals surface area contributed by atoms with E-state index in [2.05, 4.69) is 25.4 Å². The third-order valence-corrected chi connectivity index (χ3v) is 3.25. The summed E-state index contributed by atoms with van der Waals surface area (Å²) in [7, 11) is 0. The second-order valence-electron chi connectivity index (χ2n) is 4.64. The van der Waals surface area contributed by atoms with Crippen LogP contribution in [0.1, 0.15) is 30.7 Å². The summed E-state index contributed by atoms with van der Waals surface area (Å²) in [5, 5.41) is 11.3. The molecule has 1 aromatic rings. The summed E-state index contributed by atoms with van der Waals surface area (Å²) in [5.74, 6) is 0.644. The molecule has 0 spiro atoms. The van der Waals surface area contributed by atoms with Gasteiger partial charge in [0.15, 0.2) is 0 Å². The zero-order valence-electron chi connectivity index (χ0n) is 10.7. The van der Waals surface area contributed by atoms with Crippen LogP contribution in [0.5, 0.6) is 0 Å². The fourth-order valence-corrected chi connectivity index (χ4v) is 2.04. The Kier molecular flexibility index (Phi) is 4.25. The molecule has 2 rings (SSSR count). The molecule has 0 saturated carbocycles. The molecule has 1 N–H and O–H groups in total. The standard InChI is InChI=1S/C12H21N5/c1-10-11(2)15-16-12(14-10)13-6-9-17-7-4-3-5-8-17/h3-9H2,1-2H3,(H,13,14,16). The molecule has 94 valence electrons. The van der Waals surface area contributed by atoms with Gasteiger partial charge in [-0.2, -0.15) is 5.10 Å². The summed E-state index contributed by atoms with van der Waals surface area (Å²) in [6, 6.07) is 0. The number of piperidine rings is 1. The molecule has 2 heterocycles. The quantitative estimate of drug-likeness (QED) is 0.854. The van der Waals surface area contributed by atoms with Gasteiger partial charge in [0.05, 0.1) is 11.4 Å². The Morgan fingerprint density at radius 2 is 1.82 bits per heavy atom. The molecule has 0 radical (unpaired) electrons. The van der Waals surface area contributed by atoms with Gasteiger partial charge in [-0.1, -0.05) is 6.42 Å². The Morgan fingerprint density at radius 3 is 2.53 bits per heavy atom. The molecule has 0 amide bonds.